The molecule has 0 aliphatic carbocycles. The molecule has 22 heavy (non-hydrogen) atoms. The van der Waals surface area contributed by atoms with Gasteiger partial charge in [0, 0.05) is 38.8 Å². The van der Waals surface area contributed by atoms with Crippen LogP contribution in [0.1, 0.15) is 23.2 Å². The summed E-state index contributed by atoms with van der Waals surface area (Å²) >= 11 is 0. The van der Waals surface area contributed by atoms with Gasteiger partial charge in [0.2, 0.25) is 0 Å². The molecular weight excluding hydrogens is 280 g/mol. The van der Waals surface area contributed by atoms with E-state index in [1.165, 1.54) is 5.57 Å². The van der Waals surface area contributed by atoms with Crippen LogP contribution in [0.4, 0.5) is 0 Å². The second kappa shape index (κ2) is 9.23. The van der Waals surface area contributed by atoms with Crippen molar-refractivity contribution in [1.82, 2.24) is 10.6 Å². The molecule has 0 spiro atoms. The maximum Gasteiger partial charge on any atom is 0.251 e. The molecule has 0 radical (unpaired) electrons. The largest absolute Gasteiger partial charge is 0.494 e. The van der Waals surface area contributed by atoms with E-state index in [2.05, 4.69) is 16.7 Å². The van der Waals surface area contributed by atoms with E-state index in [1.807, 2.05) is 12.1 Å². The maximum atomic E-state index is 12.1. The van der Waals surface area contributed by atoms with E-state index in [0.29, 0.717) is 25.3 Å². The number of ether oxygens (including phenoxy) is 2. The third-order valence-corrected chi connectivity index (χ3v) is 3.51. The van der Waals surface area contributed by atoms with Gasteiger partial charge in [-0.05, 0) is 37.2 Å². The Morgan fingerprint density at radius 1 is 1.27 bits per heavy atom. The lowest BCUT2D eigenvalue weighted by Crippen LogP contribution is -2.29. The quantitative estimate of drug-likeness (QED) is 0.567. The van der Waals surface area contributed by atoms with Gasteiger partial charge in [0.15, 0.2) is 0 Å². The first-order chi connectivity index (χ1) is 10.8. The molecule has 0 saturated carbocycles. The zero-order valence-electron chi connectivity index (χ0n) is 13.1. The topological polar surface area (TPSA) is 59.6 Å². The van der Waals surface area contributed by atoms with Gasteiger partial charge in [0.05, 0.1) is 6.61 Å². The van der Waals surface area contributed by atoms with Crippen molar-refractivity contribution in [3.05, 3.63) is 41.5 Å². The summed E-state index contributed by atoms with van der Waals surface area (Å²) < 4.78 is 10.5. The minimum atomic E-state index is -0.0506. The SMILES string of the molecule is COCCCOc1ccc(C(=O)NCC2=CCNCC2)cc1. The molecule has 2 rings (SSSR count). The van der Waals surface area contributed by atoms with Crippen molar-refractivity contribution in [2.24, 2.45) is 0 Å². The molecule has 0 bridgehead atoms. The maximum absolute atomic E-state index is 12.1. The number of benzene rings is 1. The molecular formula is C17H24N2O3. The second-order valence-electron chi connectivity index (χ2n) is 5.22. The molecule has 0 atom stereocenters. The molecule has 1 aromatic carbocycles. The van der Waals surface area contributed by atoms with Gasteiger partial charge in [-0.25, -0.2) is 0 Å². The van der Waals surface area contributed by atoms with Crippen LogP contribution in [0.5, 0.6) is 5.75 Å². The van der Waals surface area contributed by atoms with Crippen molar-refractivity contribution in [1.29, 1.82) is 0 Å². The van der Waals surface area contributed by atoms with E-state index < -0.39 is 0 Å². The molecule has 0 saturated heterocycles. The average molecular weight is 304 g/mol. The Morgan fingerprint density at radius 2 is 2.09 bits per heavy atom. The number of hydrogen-bond acceptors (Lipinski definition) is 4. The van der Waals surface area contributed by atoms with Gasteiger partial charge in [-0.15, -0.1) is 0 Å². The Kier molecular flexibility index (Phi) is 6.93. The Labute approximate surface area is 131 Å². The molecule has 0 unspecified atom stereocenters. The van der Waals surface area contributed by atoms with Crippen LogP contribution in [0, 0.1) is 0 Å². The van der Waals surface area contributed by atoms with Gasteiger partial charge in [-0.1, -0.05) is 11.6 Å². The monoisotopic (exact) mass is 304 g/mol. The molecule has 1 heterocycles. The highest BCUT2D eigenvalue weighted by atomic mass is 16.5. The lowest BCUT2D eigenvalue weighted by molar-refractivity contribution is 0.0956. The average Bonchev–Trinajstić information content (AvgIpc) is 2.58. The molecule has 1 aliphatic rings. The van der Waals surface area contributed by atoms with Gasteiger partial charge in [0.1, 0.15) is 5.75 Å². The summed E-state index contributed by atoms with van der Waals surface area (Å²) in [5, 5.41) is 6.21. The Bertz CT molecular complexity index is 497. The molecule has 1 aliphatic heterocycles. The first-order valence-corrected chi connectivity index (χ1v) is 7.68. The van der Waals surface area contributed by atoms with E-state index in [9.17, 15) is 4.79 Å². The minimum absolute atomic E-state index is 0.0506. The lowest BCUT2D eigenvalue weighted by Gasteiger charge is -2.14. The molecule has 120 valence electrons. The zero-order valence-corrected chi connectivity index (χ0v) is 13.1. The van der Waals surface area contributed by atoms with Crippen LogP contribution in [-0.4, -0.2) is 45.9 Å². The van der Waals surface area contributed by atoms with Gasteiger partial charge in [0.25, 0.3) is 5.91 Å². The summed E-state index contributed by atoms with van der Waals surface area (Å²) in [5.41, 5.74) is 1.93. The van der Waals surface area contributed by atoms with Crippen LogP contribution in [0.3, 0.4) is 0 Å². The van der Waals surface area contributed by atoms with Crippen molar-refractivity contribution >= 4 is 5.91 Å². The van der Waals surface area contributed by atoms with E-state index in [-0.39, 0.29) is 5.91 Å². The van der Waals surface area contributed by atoms with Crippen LogP contribution >= 0.6 is 0 Å². The van der Waals surface area contributed by atoms with E-state index in [0.717, 1.165) is 31.7 Å². The molecule has 1 amide bonds. The number of amides is 1. The first kappa shape index (κ1) is 16.5. The summed E-state index contributed by atoms with van der Waals surface area (Å²) in [7, 11) is 1.67. The summed E-state index contributed by atoms with van der Waals surface area (Å²) in [6.07, 6.45) is 3.98. The lowest BCUT2D eigenvalue weighted by atomic mass is 10.1. The fourth-order valence-corrected chi connectivity index (χ4v) is 2.22. The highest BCUT2D eigenvalue weighted by Gasteiger charge is 2.08. The fourth-order valence-electron chi connectivity index (χ4n) is 2.22. The number of carbonyl (C=O) groups excluding carboxylic acids is 1. The molecule has 5 nitrogen and oxygen atoms in total. The Morgan fingerprint density at radius 3 is 2.77 bits per heavy atom. The Hall–Kier alpha value is -1.85. The highest BCUT2D eigenvalue weighted by molar-refractivity contribution is 5.94. The number of hydrogen-bond donors (Lipinski definition) is 2. The van der Waals surface area contributed by atoms with Crippen LogP contribution in [0.25, 0.3) is 0 Å². The molecule has 0 fully saturated rings. The van der Waals surface area contributed by atoms with Gasteiger partial charge < -0.3 is 20.1 Å². The Balaban J connectivity index is 1.76. The van der Waals surface area contributed by atoms with Crippen molar-refractivity contribution in [2.45, 2.75) is 12.8 Å². The summed E-state index contributed by atoms with van der Waals surface area (Å²) in [5.74, 6) is 0.721. The van der Waals surface area contributed by atoms with Crippen molar-refractivity contribution in [3.63, 3.8) is 0 Å². The molecule has 2 N–H and O–H groups in total. The number of rotatable bonds is 8. The van der Waals surface area contributed by atoms with Crippen LogP contribution < -0.4 is 15.4 Å². The normalized spacial score (nSPS) is 14.3. The molecule has 0 aromatic heterocycles. The van der Waals surface area contributed by atoms with E-state index >= 15 is 0 Å². The smallest absolute Gasteiger partial charge is 0.251 e. The third-order valence-electron chi connectivity index (χ3n) is 3.51. The van der Waals surface area contributed by atoms with Crippen LogP contribution in [0.15, 0.2) is 35.9 Å². The summed E-state index contributed by atoms with van der Waals surface area (Å²) in [4.78, 5) is 12.1. The standard InChI is InChI=1S/C17H24N2O3/c1-21-11-2-12-22-16-5-3-15(4-6-16)17(20)19-13-14-7-9-18-10-8-14/h3-7,18H,2,8-13H2,1H3,(H,19,20). The van der Waals surface area contributed by atoms with Crippen LogP contribution in [-0.2, 0) is 4.74 Å². The highest BCUT2D eigenvalue weighted by Crippen LogP contribution is 2.12. The van der Waals surface area contributed by atoms with Crippen molar-refractivity contribution < 1.29 is 14.3 Å². The third kappa shape index (κ3) is 5.50. The number of methoxy groups -OCH3 is 1. The van der Waals surface area contributed by atoms with Gasteiger partial charge in [-0.3, -0.25) is 4.79 Å². The first-order valence-electron chi connectivity index (χ1n) is 7.68. The van der Waals surface area contributed by atoms with Gasteiger partial charge in [-0.2, -0.15) is 0 Å². The van der Waals surface area contributed by atoms with E-state index in [4.69, 9.17) is 9.47 Å². The predicted octanol–water partition coefficient (Wildman–Crippen LogP) is 1.75. The zero-order chi connectivity index (χ0) is 15.6. The fraction of sp³-hybridized carbons (Fsp3) is 0.471. The van der Waals surface area contributed by atoms with Crippen LogP contribution in [0.2, 0.25) is 0 Å². The van der Waals surface area contributed by atoms with Crippen molar-refractivity contribution in [2.75, 3.05) is 40.0 Å². The molecule has 1 aromatic rings. The van der Waals surface area contributed by atoms with Crippen molar-refractivity contribution in [3.8, 4) is 5.75 Å². The molecule has 5 heteroatoms. The second-order valence-corrected chi connectivity index (χ2v) is 5.22. The minimum Gasteiger partial charge on any atom is -0.494 e. The predicted molar refractivity (Wildman–Crippen MR) is 86.3 cm³/mol. The number of nitrogens with one attached hydrogen (secondary N) is 2. The summed E-state index contributed by atoms with van der Waals surface area (Å²) in [6, 6.07) is 7.23. The summed E-state index contributed by atoms with van der Waals surface area (Å²) in [6.45, 7) is 3.79. The van der Waals surface area contributed by atoms with E-state index in [1.54, 1.807) is 19.2 Å². The number of carbonyl (C=O) groups is 1. The van der Waals surface area contributed by atoms with Gasteiger partial charge >= 0.3 is 0 Å².